The van der Waals surface area contributed by atoms with Crippen LogP contribution < -0.4 is 5.32 Å². The minimum Gasteiger partial charge on any atom is -0.345 e. The normalized spacial score (nSPS) is 11.7. The molecule has 0 unspecified atom stereocenters. The maximum Gasteiger partial charge on any atom is 0.253 e. The number of sulfonamides is 1. The SMILES string of the molecule is CCN(CC)S(=O)(=O)c1ccc2c(c1)nc(CCC(=O)Nc1cccc(C(=O)N(C)C)c1)n2C. The lowest BCUT2D eigenvalue weighted by molar-refractivity contribution is -0.116. The summed E-state index contributed by atoms with van der Waals surface area (Å²) in [5.41, 5.74) is 2.41. The molecule has 0 saturated carbocycles. The molecule has 0 fully saturated rings. The Kier molecular flexibility index (Phi) is 7.73. The van der Waals surface area contributed by atoms with E-state index in [0.29, 0.717) is 42.1 Å². The maximum atomic E-state index is 12.8. The molecule has 9 nitrogen and oxygen atoms in total. The summed E-state index contributed by atoms with van der Waals surface area (Å²) < 4.78 is 28.9. The van der Waals surface area contributed by atoms with E-state index in [2.05, 4.69) is 10.3 Å². The molecule has 1 N–H and O–H groups in total. The van der Waals surface area contributed by atoms with E-state index in [1.54, 1.807) is 70.4 Å². The van der Waals surface area contributed by atoms with Gasteiger partial charge in [0.05, 0.1) is 15.9 Å². The van der Waals surface area contributed by atoms with Gasteiger partial charge in [-0.15, -0.1) is 0 Å². The van der Waals surface area contributed by atoms with Crippen molar-refractivity contribution in [2.45, 2.75) is 31.6 Å². The van der Waals surface area contributed by atoms with Crippen LogP contribution in [0.15, 0.2) is 47.4 Å². The molecule has 0 radical (unpaired) electrons. The topological polar surface area (TPSA) is 105 Å². The van der Waals surface area contributed by atoms with E-state index in [-0.39, 0.29) is 23.1 Å². The van der Waals surface area contributed by atoms with E-state index >= 15 is 0 Å². The lowest BCUT2D eigenvalue weighted by Crippen LogP contribution is -2.30. The summed E-state index contributed by atoms with van der Waals surface area (Å²) >= 11 is 0. The van der Waals surface area contributed by atoms with Crippen LogP contribution >= 0.6 is 0 Å². The molecular formula is C24H31N5O4S. The van der Waals surface area contributed by atoms with Gasteiger partial charge in [-0.3, -0.25) is 9.59 Å². The molecule has 2 amide bonds. The van der Waals surface area contributed by atoms with Crippen molar-refractivity contribution in [3.05, 3.63) is 53.9 Å². The van der Waals surface area contributed by atoms with Gasteiger partial charge in [0.2, 0.25) is 15.9 Å². The number of aromatic nitrogens is 2. The minimum atomic E-state index is -3.58. The van der Waals surface area contributed by atoms with Crippen LogP contribution in [0.25, 0.3) is 11.0 Å². The maximum absolute atomic E-state index is 12.8. The zero-order chi connectivity index (χ0) is 25.0. The third kappa shape index (κ3) is 5.28. The third-order valence-electron chi connectivity index (χ3n) is 5.66. The van der Waals surface area contributed by atoms with Crippen molar-refractivity contribution in [2.75, 3.05) is 32.5 Å². The zero-order valence-electron chi connectivity index (χ0n) is 20.2. The van der Waals surface area contributed by atoms with Crippen LogP contribution in [0.4, 0.5) is 5.69 Å². The second-order valence-corrected chi connectivity index (χ2v) is 10.1. The fourth-order valence-electron chi connectivity index (χ4n) is 3.76. The number of amides is 2. The molecule has 0 aliphatic rings. The molecule has 1 aromatic heterocycles. The fourth-order valence-corrected chi connectivity index (χ4v) is 5.24. The van der Waals surface area contributed by atoms with Crippen molar-refractivity contribution in [1.29, 1.82) is 0 Å². The molecule has 3 rings (SSSR count). The number of imidazole rings is 1. The average Bonchev–Trinajstić information content (AvgIpc) is 3.12. The number of benzene rings is 2. The molecule has 0 bridgehead atoms. The Labute approximate surface area is 200 Å². The van der Waals surface area contributed by atoms with E-state index in [9.17, 15) is 18.0 Å². The van der Waals surface area contributed by atoms with Crippen molar-refractivity contribution in [2.24, 2.45) is 7.05 Å². The first-order chi connectivity index (χ1) is 16.1. The molecular weight excluding hydrogens is 454 g/mol. The van der Waals surface area contributed by atoms with Crippen LogP contribution in [-0.4, -0.2) is 66.2 Å². The monoisotopic (exact) mass is 485 g/mol. The largest absolute Gasteiger partial charge is 0.345 e. The first kappa shape index (κ1) is 25.4. The van der Waals surface area contributed by atoms with Crippen molar-refractivity contribution in [3.8, 4) is 0 Å². The highest BCUT2D eigenvalue weighted by Gasteiger charge is 2.23. The Hall–Kier alpha value is -3.24. The average molecular weight is 486 g/mol. The van der Waals surface area contributed by atoms with Gasteiger partial charge in [-0.05, 0) is 36.4 Å². The van der Waals surface area contributed by atoms with E-state index in [0.717, 1.165) is 5.52 Å². The Morgan fingerprint density at radius 3 is 2.41 bits per heavy atom. The van der Waals surface area contributed by atoms with Crippen LogP contribution in [-0.2, 0) is 28.3 Å². The molecule has 2 aromatic carbocycles. The van der Waals surface area contributed by atoms with Gasteiger partial charge < -0.3 is 14.8 Å². The lowest BCUT2D eigenvalue weighted by atomic mass is 10.1. The summed E-state index contributed by atoms with van der Waals surface area (Å²) in [6.07, 6.45) is 0.569. The second kappa shape index (κ2) is 10.4. The molecule has 0 atom stereocenters. The number of aryl methyl sites for hydroxylation is 2. The Morgan fingerprint density at radius 1 is 1.06 bits per heavy atom. The Balaban J connectivity index is 1.73. The van der Waals surface area contributed by atoms with Gasteiger partial charge in [0.1, 0.15) is 5.82 Å². The van der Waals surface area contributed by atoms with Crippen LogP contribution in [0, 0.1) is 0 Å². The van der Waals surface area contributed by atoms with Crippen molar-refractivity contribution in [1.82, 2.24) is 18.8 Å². The third-order valence-corrected chi connectivity index (χ3v) is 7.71. The van der Waals surface area contributed by atoms with Gasteiger partial charge in [0.15, 0.2) is 0 Å². The van der Waals surface area contributed by atoms with E-state index in [4.69, 9.17) is 0 Å². The van der Waals surface area contributed by atoms with Gasteiger partial charge in [-0.2, -0.15) is 4.31 Å². The predicted molar refractivity (Wildman–Crippen MR) is 132 cm³/mol. The fraction of sp³-hybridized carbons (Fsp3) is 0.375. The number of hydrogen-bond donors (Lipinski definition) is 1. The predicted octanol–water partition coefficient (Wildman–Crippen LogP) is 2.88. The molecule has 1 heterocycles. The number of anilines is 1. The Bertz CT molecular complexity index is 1310. The minimum absolute atomic E-state index is 0.141. The van der Waals surface area contributed by atoms with Gasteiger partial charge in [-0.25, -0.2) is 13.4 Å². The summed E-state index contributed by atoms with van der Waals surface area (Å²) in [6.45, 7) is 4.40. The van der Waals surface area contributed by atoms with Crippen molar-refractivity contribution >= 4 is 38.6 Å². The van der Waals surface area contributed by atoms with Crippen LogP contribution in [0.1, 0.15) is 36.5 Å². The number of hydrogen-bond acceptors (Lipinski definition) is 5. The summed E-state index contributed by atoms with van der Waals surface area (Å²) in [6, 6.07) is 11.7. The smallest absolute Gasteiger partial charge is 0.253 e. The van der Waals surface area contributed by atoms with E-state index in [1.807, 2.05) is 11.6 Å². The number of carbonyl (C=O) groups excluding carboxylic acids is 2. The van der Waals surface area contributed by atoms with Crippen LogP contribution in [0.2, 0.25) is 0 Å². The molecule has 0 aliphatic carbocycles. The summed E-state index contributed by atoms with van der Waals surface area (Å²) in [5, 5.41) is 2.82. The lowest BCUT2D eigenvalue weighted by Gasteiger charge is -2.18. The Morgan fingerprint density at radius 2 is 1.76 bits per heavy atom. The van der Waals surface area contributed by atoms with Crippen LogP contribution in [0.3, 0.4) is 0 Å². The second-order valence-electron chi connectivity index (χ2n) is 8.16. The molecule has 0 saturated heterocycles. The van der Waals surface area contributed by atoms with E-state index < -0.39 is 10.0 Å². The molecule has 3 aromatic rings. The summed E-state index contributed by atoms with van der Waals surface area (Å²) in [4.78, 5) is 30.9. The number of nitrogens with zero attached hydrogens (tertiary/aromatic N) is 4. The highest BCUT2D eigenvalue weighted by molar-refractivity contribution is 7.89. The van der Waals surface area contributed by atoms with Gasteiger partial charge in [0.25, 0.3) is 5.91 Å². The van der Waals surface area contributed by atoms with Crippen LogP contribution in [0.5, 0.6) is 0 Å². The van der Waals surface area contributed by atoms with Gasteiger partial charge >= 0.3 is 0 Å². The molecule has 0 spiro atoms. The highest BCUT2D eigenvalue weighted by Crippen LogP contribution is 2.23. The molecule has 0 aliphatic heterocycles. The van der Waals surface area contributed by atoms with Gasteiger partial charge in [0, 0.05) is 58.3 Å². The molecule has 34 heavy (non-hydrogen) atoms. The number of carbonyl (C=O) groups is 2. The van der Waals surface area contributed by atoms with Crippen molar-refractivity contribution in [3.63, 3.8) is 0 Å². The highest BCUT2D eigenvalue weighted by atomic mass is 32.2. The first-order valence-corrected chi connectivity index (χ1v) is 12.6. The number of nitrogens with one attached hydrogen (secondary N) is 1. The number of fused-ring (bicyclic) bond motifs is 1. The quantitative estimate of drug-likeness (QED) is 0.502. The van der Waals surface area contributed by atoms with Gasteiger partial charge in [-0.1, -0.05) is 19.9 Å². The summed E-state index contributed by atoms with van der Waals surface area (Å²) in [5.74, 6) is 0.337. The molecule has 10 heteroatoms. The van der Waals surface area contributed by atoms with Crippen molar-refractivity contribution < 1.29 is 18.0 Å². The number of rotatable bonds is 9. The molecule has 182 valence electrons. The van der Waals surface area contributed by atoms with E-state index in [1.165, 1.54) is 9.21 Å². The standard InChI is InChI=1S/C24H31N5O4S/c1-6-29(7-2)34(32,33)19-11-12-21-20(16-19)26-22(28(21)5)13-14-23(30)25-18-10-8-9-17(15-18)24(31)27(3)4/h8-12,15-16H,6-7,13-14H2,1-5H3,(H,25,30). The zero-order valence-corrected chi connectivity index (χ0v) is 21.0. The summed E-state index contributed by atoms with van der Waals surface area (Å²) in [7, 11) is 1.61. The first-order valence-electron chi connectivity index (χ1n) is 11.2.